The van der Waals surface area contributed by atoms with Gasteiger partial charge in [-0.1, -0.05) is 58.9 Å². The molecule has 1 unspecified atom stereocenters. The van der Waals surface area contributed by atoms with Gasteiger partial charge in [-0.05, 0) is 153 Å². The number of nitrogens with one attached hydrogen (secondary N) is 1. The van der Waals surface area contributed by atoms with Gasteiger partial charge in [-0.2, -0.15) is 0 Å². The van der Waals surface area contributed by atoms with E-state index in [1.807, 2.05) is 0 Å². The van der Waals surface area contributed by atoms with Crippen molar-refractivity contribution < 1.29 is 19.1 Å². The zero-order valence-corrected chi connectivity index (χ0v) is 31.6. The summed E-state index contributed by atoms with van der Waals surface area (Å²) in [5.74, 6) is 2.41. The molecule has 49 heavy (non-hydrogen) atoms. The Morgan fingerprint density at radius 3 is 2.37 bits per heavy atom. The van der Waals surface area contributed by atoms with E-state index in [1.54, 1.807) is 0 Å². The summed E-state index contributed by atoms with van der Waals surface area (Å²) < 4.78 is 14.0. The third-order valence-corrected chi connectivity index (χ3v) is 17.3. The fourth-order valence-electron chi connectivity index (χ4n) is 14.5. The molecule has 5 fully saturated rings. The number of carbonyl (C=O) groups excluding carboxylic acids is 1. The minimum absolute atomic E-state index is 0.00425. The van der Waals surface area contributed by atoms with Crippen molar-refractivity contribution in [2.24, 2.45) is 56.7 Å². The van der Waals surface area contributed by atoms with E-state index in [0.29, 0.717) is 61.2 Å². The number of nitrogens with zero attached hydrogens (tertiary/aromatic N) is 1. The zero-order valence-electron chi connectivity index (χ0n) is 31.6. The molecule has 4 saturated carbocycles. The van der Waals surface area contributed by atoms with Gasteiger partial charge in [0.1, 0.15) is 6.67 Å². The lowest BCUT2D eigenvalue weighted by Gasteiger charge is -2.72. The van der Waals surface area contributed by atoms with Crippen LogP contribution in [0.15, 0.2) is 35.5 Å². The molecule has 0 radical (unpaired) electrons. The number of likely N-dealkylation sites (tertiary alicyclic amines) is 1. The van der Waals surface area contributed by atoms with Gasteiger partial charge in [-0.3, -0.25) is 9.59 Å². The van der Waals surface area contributed by atoms with Crippen LogP contribution in [0.25, 0.3) is 0 Å². The number of hydrogen-bond donors (Lipinski definition) is 2. The number of carboxylic acids is 1. The number of aliphatic carboxylic acids is 1. The van der Waals surface area contributed by atoms with Gasteiger partial charge in [0, 0.05) is 31.6 Å². The van der Waals surface area contributed by atoms with Gasteiger partial charge in [-0.25, -0.2) is 4.39 Å². The number of rotatable bonds is 8. The van der Waals surface area contributed by atoms with Crippen LogP contribution in [-0.4, -0.2) is 53.7 Å². The fraction of sp³-hybridized carbons (Fsp3) is 0.814. The fourth-order valence-corrected chi connectivity index (χ4v) is 14.5. The van der Waals surface area contributed by atoms with Gasteiger partial charge in [0.25, 0.3) is 0 Å². The van der Waals surface area contributed by atoms with E-state index < -0.39 is 18.1 Å². The van der Waals surface area contributed by atoms with Crippen LogP contribution >= 0.6 is 0 Å². The first-order valence-electron chi connectivity index (χ1n) is 20.0. The quantitative estimate of drug-likeness (QED) is 0.252. The Morgan fingerprint density at radius 1 is 0.959 bits per heavy atom. The summed E-state index contributed by atoms with van der Waals surface area (Å²) in [6.07, 6.45) is 18.8. The maximum atomic E-state index is 14.0. The van der Waals surface area contributed by atoms with Crippen molar-refractivity contribution in [2.45, 2.75) is 137 Å². The molecule has 1 heterocycles. The van der Waals surface area contributed by atoms with Crippen LogP contribution in [0.4, 0.5) is 4.39 Å². The van der Waals surface area contributed by atoms with Crippen molar-refractivity contribution in [3.8, 4) is 0 Å². The first kappa shape index (κ1) is 35.5. The second kappa shape index (κ2) is 12.1. The van der Waals surface area contributed by atoms with Crippen LogP contribution in [0.3, 0.4) is 0 Å². The van der Waals surface area contributed by atoms with Crippen molar-refractivity contribution in [1.82, 2.24) is 10.2 Å². The van der Waals surface area contributed by atoms with Crippen LogP contribution in [-0.2, 0) is 9.59 Å². The Hall–Kier alpha value is -1.95. The third-order valence-electron chi connectivity index (χ3n) is 17.3. The predicted molar refractivity (Wildman–Crippen MR) is 195 cm³/mol. The molecular formula is C43H65FN2O3. The van der Waals surface area contributed by atoms with Gasteiger partial charge in [0.15, 0.2) is 0 Å². The Labute approximate surface area is 296 Å². The molecule has 6 aliphatic carbocycles. The highest BCUT2D eigenvalue weighted by molar-refractivity contribution is 5.78. The number of carboxylic acid groups (broad SMARTS) is 1. The predicted octanol–water partition coefficient (Wildman–Crippen LogP) is 9.30. The largest absolute Gasteiger partial charge is 0.481 e. The number of allylic oxidation sites excluding steroid dienone is 5. The van der Waals surface area contributed by atoms with Crippen LogP contribution < -0.4 is 5.32 Å². The molecule has 0 spiro atoms. The number of fused-ring (bicyclic) bond motifs is 7. The van der Waals surface area contributed by atoms with Crippen LogP contribution in [0, 0.1) is 56.7 Å². The van der Waals surface area contributed by atoms with Crippen molar-refractivity contribution in [3.63, 3.8) is 0 Å². The van der Waals surface area contributed by atoms with E-state index in [4.69, 9.17) is 0 Å². The Morgan fingerprint density at radius 2 is 1.73 bits per heavy atom. The summed E-state index contributed by atoms with van der Waals surface area (Å²) in [5, 5.41) is 14.0. The summed E-state index contributed by atoms with van der Waals surface area (Å²) in [6.45, 7) is 21.7. The van der Waals surface area contributed by atoms with Crippen LogP contribution in [0.1, 0.15) is 131 Å². The molecule has 6 heteroatoms. The summed E-state index contributed by atoms with van der Waals surface area (Å²) in [4.78, 5) is 26.4. The number of amides is 1. The number of hydrogen-bond acceptors (Lipinski definition) is 3. The van der Waals surface area contributed by atoms with E-state index in [-0.39, 0.29) is 27.2 Å². The SMILES string of the molecule is C=C(C)[C@@H]1CC[C@]2(NCCN3CCCC3=O)CC[C@]3(C)[C@H](CC[C@@H]4[C@@]5(C)CC=C(C6=CCC(CF)(C(=O)O)CC6)C(C)(C)[C@@H]5CC[C@]43C)[C@@H]12. The summed E-state index contributed by atoms with van der Waals surface area (Å²) in [5.41, 5.74) is 3.71. The zero-order chi connectivity index (χ0) is 35.2. The van der Waals surface area contributed by atoms with Crippen LogP contribution in [0.5, 0.6) is 0 Å². The molecule has 0 aromatic carbocycles. The Kier molecular flexibility index (Phi) is 8.72. The minimum atomic E-state index is -1.25. The van der Waals surface area contributed by atoms with E-state index in [2.05, 4.69) is 70.5 Å². The maximum absolute atomic E-state index is 14.0. The second-order valence-electron chi connectivity index (χ2n) is 19.4. The van der Waals surface area contributed by atoms with Crippen molar-refractivity contribution in [1.29, 1.82) is 0 Å². The highest BCUT2D eigenvalue weighted by atomic mass is 19.1. The molecule has 10 atom stereocenters. The molecule has 1 amide bonds. The topological polar surface area (TPSA) is 69.6 Å². The molecule has 1 aliphatic heterocycles. The van der Waals surface area contributed by atoms with E-state index in [9.17, 15) is 19.1 Å². The first-order chi connectivity index (χ1) is 23.1. The van der Waals surface area contributed by atoms with Crippen LogP contribution in [0.2, 0.25) is 0 Å². The maximum Gasteiger partial charge on any atom is 0.312 e. The summed E-state index contributed by atoms with van der Waals surface area (Å²) in [6, 6.07) is 0. The highest BCUT2D eigenvalue weighted by Gasteiger charge is 2.70. The molecule has 7 rings (SSSR count). The highest BCUT2D eigenvalue weighted by Crippen LogP contribution is 2.76. The third kappa shape index (κ3) is 5.05. The van der Waals surface area contributed by atoms with Gasteiger partial charge < -0.3 is 15.3 Å². The van der Waals surface area contributed by atoms with Gasteiger partial charge in [0.2, 0.25) is 5.91 Å². The first-order valence-corrected chi connectivity index (χ1v) is 20.0. The van der Waals surface area contributed by atoms with Gasteiger partial charge >= 0.3 is 5.97 Å². The van der Waals surface area contributed by atoms with Gasteiger partial charge in [0.05, 0.1) is 5.41 Å². The smallest absolute Gasteiger partial charge is 0.312 e. The molecule has 5 nitrogen and oxygen atoms in total. The average Bonchev–Trinajstić information content (AvgIpc) is 3.65. The Balaban J connectivity index is 1.16. The molecular weight excluding hydrogens is 611 g/mol. The second-order valence-corrected chi connectivity index (χ2v) is 19.4. The molecule has 272 valence electrons. The van der Waals surface area contributed by atoms with E-state index >= 15 is 0 Å². The lowest BCUT2D eigenvalue weighted by molar-refractivity contribution is -0.221. The van der Waals surface area contributed by atoms with E-state index in [1.165, 1.54) is 68.1 Å². The normalized spacial score (nSPS) is 45.8. The molecule has 0 aromatic heterocycles. The molecule has 0 bridgehead atoms. The number of carbonyl (C=O) groups is 2. The monoisotopic (exact) mass is 676 g/mol. The summed E-state index contributed by atoms with van der Waals surface area (Å²) in [7, 11) is 0. The molecule has 7 aliphatic rings. The van der Waals surface area contributed by atoms with Crippen molar-refractivity contribution in [2.75, 3.05) is 26.3 Å². The molecule has 0 aromatic rings. The molecule has 1 saturated heterocycles. The average molecular weight is 677 g/mol. The van der Waals surface area contributed by atoms with E-state index in [0.717, 1.165) is 32.5 Å². The minimum Gasteiger partial charge on any atom is -0.481 e. The summed E-state index contributed by atoms with van der Waals surface area (Å²) >= 11 is 0. The lowest BCUT2D eigenvalue weighted by Crippen LogP contribution is -2.68. The number of halogens is 1. The Bertz CT molecular complexity index is 1450. The lowest BCUT2D eigenvalue weighted by atomic mass is 9.33. The van der Waals surface area contributed by atoms with Gasteiger partial charge in [-0.15, -0.1) is 0 Å². The van der Waals surface area contributed by atoms with Crippen molar-refractivity contribution in [3.05, 3.63) is 35.5 Å². The number of alkyl halides is 1. The molecule has 2 N–H and O–H groups in total. The van der Waals surface area contributed by atoms with Crippen molar-refractivity contribution >= 4 is 11.9 Å². The standard InChI is InChI=1S/C43H65FN2O3/c1-28(2)30-14-21-43(45-24-26-46-25-8-9-35(46)47)23-22-40(6)32(36(30)43)10-11-34-39(5)17-15-31(38(3,4)33(39)16-18-41(34,40)7)29-12-19-42(27-44,20-13-29)37(48)49/h12,15,30,32-34,36,45H,1,8-11,13-14,16-27H2,2-7H3,(H,48,49)/t30-,32+,33-,34+,36+,39-,40+,41+,42?,43-/m0/s1.